The van der Waals surface area contributed by atoms with Crippen LogP contribution in [0, 0.1) is 0 Å². The Balaban J connectivity index is 2.78. The van der Waals surface area contributed by atoms with Crippen molar-refractivity contribution in [3.05, 3.63) is 28.0 Å². The number of rotatable bonds is 4. The fourth-order valence-electron chi connectivity index (χ4n) is 1.14. The first-order valence-electron chi connectivity index (χ1n) is 4.71. The monoisotopic (exact) mass is 276 g/mol. The van der Waals surface area contributed by atoms with E-state index in [1.54, 1.807) is 0 Å². The van der Waals surface area contributed by atoms with Gasteiger partial charge >= 0.3 is 5.97 Å². The Morgan fingerprint density at radius 2 is 2.06 bits per heavy atom. The minimum Gasteiger partial charge on any atom is -0.481 e. The standard InChI is InChI=1S/C10H10Cl2N2O3/c1-14(5-4-8(15)16)10(17)6-2-3-7(11)13-9(6)12/h2-3H,4-5H2,1H3,(H,15,16). The summed E-state index contributed by atoms with van der Waals surface area (Å²) in [5.74, 6) is -1.36. The fourth-order valence-corrected chi connectivity index (χ4v) is 1.57. The largest absolute Gasteiger partial charge is 0.481 e. The number of nitrogens with zero attached hydrogens (tertiary/aromatic N) is 2. The molecule has 0 aromatic carbocycles. The Hall–Kier alpha value is -1.33. The Labute approximate surface area is 108 Å². The number of carbonyl (C=O) groups excluding carboxylic acids is 1. The van der Waals surface area contributed by atoms with E-state index in [9.17, 15) is 9.59 Å². The summed E-state index contributed by atoms with van der Waals surface area (Å²) in [6, 6.07) is 2.91. The highest BCUT2D eigenvalue weighted by Crippen LogP contribution is 2.18. The van der Waals surface area contributed by atoms with E-state index < -0.39 is 5.97 Å². The Morgan fingerprint density at radius 1 is 1.41 bits per heavy atom. The average molecular weight is 277 g/mol. The van der Waals surface area contributed by atoms with Crippen LogP contribution in [0.15, 0.2) is 12.1 Å². The number of carbonyl (C=O) groups is 2. The molecular formula is C10H10Cl2N2O3. The number of aliphatic carboxylic acids is 1. The van der Waals surface area contributed by atoms with Gasteiger partial charge in [-0.25, -0.2) is 4.98 Å². The molecule has 17 heavy (non-hydrogen) atoms. The quantitative estimate of drug-likeness (QED) is 0.854. The van der Waals surface area contributed by atoms with Crippen LogP contribution in [-0.2, 0) is 4.79 Å². The van der Waals surface area contributed by atoms with Gasteiger partial charge in [0.2, 0.25) is 0 Å². The van der Waals surface area contributed by atoms with E-state index in [4.69, 9.17) is 28.3 Å². The molecule has 0 aliphatic rings. The molecule has 1 amide bonds. The van der Waals surface area contributed by atoms with Gasteiger partial charge in [0, 0.05) is 13.6 Å². The molecule has 0 fully saturated rings. The lowest BCUT2D eigenvalue weighted by Crippen LogP contribution is -2.29. The van der Waals surface area contributed by atoms with Gasteiger partial charge < -0.3 is 10.0 Å². The number of aromatic nitrogens is 1. The van der Waals surface area contributed by atoms with Crippen molar-refractivity contribution >= 4 is 35.1 Å². The predicted octanol–water partition coefficient (Wildman–Crippen LogP) is 1.94. The maximum Gasteiger partial charge on any atom is 0.305 e. The summed E-state index contributed by atoms with van der Waals surface area (Å²) < 4.78 is 0. The Morgan fingerprint density at radius 3 is 2.59 bits per heavy atom. The topological polar surface area (TPSA) is 70.5 Å². The third-order valence-corrected chi connectivity index (χ3v) is 2.55. The maximum atomic E-state index is 11.9. The van der Waals surface area contributed by atoms with Crippen LogP contribution in [0.1, 0.15) is 16.8 Å². The van der Waals surface area contributed by atoms with Gasteiger partial charge in [-0.1, -0.05) is 23.2 Å². The summed E-state index contributed by atoms with van der Waals surface area (Å²) in [7, 11) is 1.50. The second kappa shape index (κ2) is 5.84. The van der Waals surface area contributed by atoms with Gasteiger partial charge in [-0.2, -0.15) is 0 Å². The molecule has 0 bridgehead atoms. The molecule has 0 radical (unpaired) electrons. The smallest absolute Gasteiger partial charge is 0.305 e. The highest BCUT2D eigenvalue weighted by molar-refractivity contribution is 6.34. The van der Waals surface area contributed by atoms with Crippen LogP contribution in [-0.4, -0.2) is 40.5 Å². The van der Waals surface area contributed by atoms with Crippen LogP contribution in [0.3, 0.4) is 0 Å². The van der Waals surface area contributed by atoms with Gasteiger partial charge in [0.25, 0.3) is 5.91 Å². The van der Waals surface area contributed by atoms with Crippen molar-refractivity contribution < 1.29 is 14.7 Å². The van der Waals surface area contributed by atoms with Crippen molar-refractivity contribution in [2.45, 2.75) is 6.42 Å². The second-order valence-corrected chi connectivity index (χ2v) is 4.09. The van der Waals surface area contributed by atoms with Gasteiger partial charge in [-0.05, 0) is 12.1 Å². The Kier molecular flexibility index (Phi) is 4.72. The van der Waals surface area contributed by atoms with E-state index >= 15 is 0 Å². The van der Waals surface area contributed by atoms with Gasteiger partial charge in [-0.15, -0.1) is 0 Å². The Bertz CT molecular complexity index is 451. The van der Waals surface area contributed by atoms with E-state index in [0.717, 1.165) is 0 Å². The molecule has 0 saturated heterocycles. The van der Waals surface area contributed by atoms with E-state index in [1.165, 1.54) is 24.1 Å². The van der Waals surface area contributed by atoms with E-state index in [2.05, 4.69) is 4.98 Å². The molecule has 0 atom stereocenters. The minimum absolute atomic E-state index is 0.00433. The summed E-state index contributed by atoms with van der Waals surface area (Å²) in [4.78, 5) is 27.2. The molecule has 1 heterocycles. The molecule has 0 aliphatic heterocycles. The summed E-state index contributed by atoms with van der Waals surface area (Å²) in [5, 5.41) is 8.71. The average Bonchev–Trinajstić information content (AvgIpc) is 2.25. The van der Waals surface area contributed by atoms with Crippen LogP contribution in [0.4, 0.5) is 0 Å². The van der Waals surface area contributed by atoms with Crippen molar-refractivity contribution in [2.24, 2.45) is 0 Å². The van der Waals surface area contributed by atoms with Gasteiger partial charge in [0.05, 0.1) is 12.0 Å². The molecule has 7 heteroatoms. The van der Waals surface area contributed by atoms with Crippen molar-refractivity contribution in [1.82, 2.24) is 9.88 Å². The van der Waals surface area contributed by atoms with Crippen molar-refractivity contribution in [3.63, 3.8) is 0 Å². The lowest BCUT2D eigenvalue weighted by molar-refractivity contribution is -0.137. The van der Waals surface area contributed by atoms with E-state index in [-0.39, 0.29) is 34.7 Å². The molecule has 0 aliphatic carbocycles. The predicted molar refractivity (Wildman–Crippen MR) is 63.5 cm³/mol. The molecule has 0 unspecified atom stereocenters. The summed E-state index contributed by atoms with van der Waals surface area (Å²) in [6.45, 7) is 0.104. The van der Waals surface area contributed by atoms with Crippen LogP contribution in [0.2, 0.25) is 10.3 Å². The summed E-state index contributed by atoms with van der Waals surface area (Å²) >= 11 is 11.4. The molecule has 0 spiro atoms. The molecule has 1 aromatic heterocycles. The molecule has 0 saturated carbocycles. The van der Waals surface area contributed by atoms with Crippen LogP contribution < -0.4 is 0 Å². The minimum atomic E-state index is -0.968. The second-order valence-electron chi connectivity index (χ2n) is 3.34. The summed E-state index contributed by atoms with van der Waals surface area (Å²) in [5.41, 5.74) is 0.198. The van der Waals surface area contributed by atoms with Crippen LogP contribution in [0.25, 0.3) is 0 Å². The fraction of sp³-hybridized carbons (Fsp3) is 0.300. The highest BCUT2D eigenvalue weighted by atomic mass is 35.5. The SMILES string of the molecule is CN(CCC(=O)O)C(=O)c1ccc(Cl)nc1Cl. The zero-order chi connectivity index (χ0) is 13.0. The number of halogens is 2. The maximum absolute atomic E-state index is 11.9. The molecule has 1 rings (SSSR count). The third-order valence-electron chi connectivity index (χ3n) is 2.05. The number of amides is 1. The zero-order valence-electron chi connectivity index (χ0n) is 8.98. The lowest BCUT2D eigenvalue weighted by Gasteiger charge is -2.16. The number of hydrogen-bond donors (Lipinski definition) is 1. The normalized spacial score (nSPS) is 10.1. The van der Waals surface area contributed by atoms with E-state index in [0.29, 0.717) is 0 Å². The van der Waals surface area contributed by atoms with Crippen molar-refractivity contribution in [2.75, 3.05) is 13.6 Å². The number of carboxylic acid groups (broad SMARTS) is 1. The molecule has 1 aromatic rings. The zero-order valence-corrected chi connectivity index (χ0v) is 10.5. The summed E-state index contributed by atoms with van der Waals surface area (Å²) in [6.07, 6.45) is -0.124. The molecule has 1 N–H and O–H groups in total. The van der Waals surface area contributed by atoms with E-state index in [1.807, 2.05) is 0 Å². The van der Waals surface area contributed by atoms with Crippen molar-refractivity contribution in [1.29, 1.82) is 0 Å². The van der Waals surface area contributed by atoms with Gasteiger partial charge in [-0.3, -0.25) is 9.59 Å². The third kappa shape index (κ3) is 3.87. The first kappa shape index (κ1) is 13.7. The number of hydrogen-bond acceptors (Lipinski definition) is 3. The van der Waals surface area contributed by atoms with Crippen LogP contribution in [0.5, 0.6) is 0 Å². The van der Waals surface area contributed by atoms with Crippen molar-refractivity contribution in [3.8, 4) is 0 Å². The van der Waals surface area contributed by atoms with Gasteiger partial charge in [0.1, 0.15) is 10.3 Å². The lowest BCUT2D eigenvalue weighted by atomic mass is 10.2. The number of pyridine rings is 1. The van der Waals surface area contributed by atoms with Crippen LogP contribution >= 0.6 is 23.2 Å². The number of carboxylic acids is 1. The first-order valence-corrected chi connectivity index (χ1v) is 5.46. The first-order chi connectivity index (χ1) is 7.91. The van der Waals surface area contributed by atoms with Gasteiger partial charge in [0.15, 0.2) is 0 Å². The molecular weight excluding hydrogens is 267 g/mol. The molecule has 5 nitrogen and oxygen atoms in total. The highest BCUT2D eigenvalue weighted by Gasteiger charge is 2.16. The molecule has 92 valence electrons.